The van der Waals surface area contributed by atoms with Gasteiger partial charge in [0.15, 0.2) is 0 Å². The number of benzene rings is 2. The number of aromatic nitrogens is 1. The Balaban J connectivity index is 1.67. The molecular weight excluding hydrogens is 348 g/mol. The summed E-state index contributed by atoms with van der Waals surface area (Å²) in [5.41, 5.74) is 4.12. The third-order valence-corrected chi connectivity index (χ3v) is 5.22. The van der Waals surface area contributed by atoms with Crippen molar-refractivity contribution in [3.63, 3.8) is 0 Å². The SMILES string of the molecule is Cc1onc(-c2ccccc2Cl)c1C(=O)N[C@H]1CCCc2ccccc21. The van der Waals surface area contributed by atoms with Gasteiger partial charge in [0.25, 0.3) is 5.91 Å². The fourth-order valence-corrected chi connectivity index (χ4v) is 3.84. The molecule has 5 heteroatoms. The molecule has 26 heavy (non-hydrogen) atoms. The van der Waals surface area contributed by atoms with Gasteiger partial charge in [-0.05, 0) is 43.4 Å². The molecule has 1 aliphatic carbocycles. The zero-order valence-corrected chi connectivity index (χ0v) is 15.2. The molecule has 1 N–H and O–H groups in total. The standard InChI is InChI=1S/C21H19ClN2O2/c1-13-19(20(24-26-13)16-10-4-5-11-17(16)22)21(25)23-18-12-6-8-14-7-2-3-9-15(14)18/h2-5,7,9-11,18H,6,8,12H2,1H3,(H,23,25)/t18-/m0/s1. The summed E-state index contributed by atoms with van der Waals surface area (Å²) in [6, 6.07) is 15.6. The van der Waals surface area contributed by atoms with Crippen LogP contribution in [0.4, 0.5) is 0 Å². The highest BCUT2D eigenvalue weighted by Gasteiger charge is 2.27. The van der Waals surface area contributed by atoms with Gasteiger partial charge in [0.05, 0.1) is 11.1 Å². The molecule has 0 saturated heterocycles. The Morgan fingerprint density at radius 2 is 1.96 bits per heavy atom. The second kappa shape index (κ2) is 6.96. The Kier molecular flexibility index (Phi) is 4.51. The maximum Gasteiger partial charge on any atom is 0.257 e. The van der Waals surface area contributed by atoms with E-state index in [2.05, 4.69) is 22.6 Å². The van der Waals surface area contributed by atoms with E-state index >= 15 is 0 Å². The molecule has 0 fully saturated rings. The van der Waals surface area contributed by atoms with Crippen molar-refractivity contribution in [3.05, 3.63) is 76.0 Å². The number of nitrogens with zero attached hydrogens (tertiary/aromatic N) is 1. The van der Waals surface area contributed by atoms with Crippen molar-refractivity contribution in [1.29, 1.82) is 0 Å². The molecule has 0 radical (unpaired) electrons. The van der Waals surface area contributed by atoms with E-state index in [4.69, 9.17) is 16.1 Å². The number of halogens is 1. The molecule has 0 bridgehead atoms. The summed E-state index contributed by atoms with van der Waals surface area (Å²) in [7, 11) is 0. The van der Waals surface area contributed by atoms with Crippen LogP contribution in [0.25, 0.3) is 11.3 Å². The maximum atomic E-state index is 13.1. The smallest absolute Gasteiger partial charge is 0.257 e. The average Bonchev–Trinajstić information content (AvgIpc) is 3.04. The molecule has 0 saturated carbocycles. The van der Waals surface area contributed by atoms with Crippen LogP contribution in [-0.4, -0.2) is 11.1 Å². The quantitative estimate of drug-likeness (QED) is 0.700. The molecule has 0 unspecified atom stereocenters. The van der Waals surface area contributed by atoms with Crippen molar-refractivity contribution in [1.82, 2.24) is 10.5 Å². The molecule has 1 heterocycles. The molecule has 1 amide bonds. The summed E-state index contributed by atoms with van der Waals surface area (Å²) < 4.78 is 5.32. The molecule has 4 rings (SSSR count). The molecule has 1 aromatic heterocycles. The van der Waals surface area contributed by atoms with Gasteiger partial charge in [-0.15, -0.1) is 0 Å². The first kappa shape index (κ1) is 16.9. The largest absolute Gasteiger partial charge is 0.360 e. The third kappa shape index (κ3) is 3.01. The van der Waals surface area contributed by atoms with Crippen molar-refractivity contribution < 1.29 is 9.32 Å². The summed E-state index contributed by atoms with van der Waals surface area (Å²) in [5.74, 6) is 0.307. The second-order valence-corrected chi connectivity index (χ2v) is 6.97. The zero-order valence-electron chi connectivity index (χ0n) is 14.5. The van der Waals surface area contributed by atoms with Crippen LogP contribution in [0.15, 0.2) is 53.1 Å². The van der Waals surface area contributed by atoms with Gasteiger partial charge in [-0.2, -0.15) is 0 Å². The van der Waals surface area contributed by atoms with E-state index in [-0.39, 0.29) is 11.9 Å². The van der Waals surface area contributed by atoms with Gasteiger partial charge in [-0.3, -0.25) is 4.79 Å². The molecule has 3 aromatic rings. The minimum absolute atomic E-state index is 0.000783. The fraction of sp³-hybridized carbons (Fsp3) is 0.238. The van der Waals surface area contributed by atoms with E-state index in [1.165, 1.54) is 11.1 Å². The number of hydrogen-bond donors (Lipinski definition) is 1. The second-order valence-electron chi connectivity index (χ2n) is 6.56. The van der Waals surface area contributed by atoms with Crippen LogP contribution in [0.5, 0.6) is 0 Å². The highest BCUT2D eigenvalue weighted by molar-refractivity contribution is 6.33. The first-order valence-corrected chi connectivity index (χ1v) is 9.13. The summed E-state index contributed by atoms with van der Waals surface area (Å²) in [6.45, 7) is 1.75. The van der Waals surface area contributed by atoms with E-state index < -0.39 is 0 Å². The monoisotopic (exact) mass is 366 g/mol. The van der Waals surface area contributed by atoms with Crippen LogP contribution < -0.4 is 5.32 Å². The van der Waals surface area contributed by atoms with Crippen LogP contribution in [0.2, 0.25) is 5.02 Å². The zero-order chi connectivity index (χ0) is 18.1. The van der Waals surface area contributed by atoms with Gasteiger partial charge >= 0.3 is 0 Å². The van der Waals surface area contributed by atoms with Crippen molar-refractivity contribution in [3.8, 4) is 11.3 Å². The lowest BCUT2D eigenvalue weighted by atomic mass is 9.87. The maximum absolute atomic E-state index is 13.1. The molecule has 1 atom stereocenters. The van der Waals surface area contributed by atoms with Crippen molar-refractivity contribution in [2.24, 2.45) is 0 Å². The first-order valence-electron chi connectivity index (χ1n) is 8.75. The lowest BCUT2D eigenvalue weighted by Crippen LogP contribution is -2.31. The number of hydrogen-bond acceptors (Lipinski definition) is 3. The minimum Gasteiger partial charge on any atom is -0.360 e. The molecule has 0 aliphatic heterocycles. The van der Waals surface area contributed by atoms with Gasteiger partial charge in [-0.1, -0.05) is 59.2 Å². The predicted molar refractivity (Wildman–Crippen MR) is 101 cm³/mol. The average molecular weight is 367 g/mol. The normalized spacial score (nSPS) is 16.2. The highest BCUT2D eigenvalue weighted by atomic mass is 35.5. The Morgan fingerprint density at radius 3 is 2.81 bits per heavy atom. The predicted octanol–water partition coefficient (Wildman–Crippen LogP) is 5.11. The number of fused-ring (bicyclic) bond motifs is 1. The minimum atomic E-state index is -0.180. The van der Waals surface area contributed by atoms with Crippen LogP contribution in [0.3, 0.4) is 0 Å². The number of carbonyl (C=O) groups excluding carboxylic acids is 1. The topological polar surface area (TPSA) is 55.1 Å². The molecule has 2 aromatic carbocycles. The Bertz CT molecular complexity index is 964. The van der Waals surface area contributed by atoms with E-state index in [1.54, 1.807) is 13.0 Å². The molecular formula is C21H19ClN2O2. The lowest BCUT2D eigenvalue weighted by molar-refractivity contribution is 0.0932. The van der Waals surface area contributed by atoms with E-state index in [0.717, 1.165) is 19.3 Å². The molecule has 0 spiro atoms. The number of amides is 1. The van der Waals surface area contributed by atoms with E-state index in [1.807, 2.05) is 30.3 Å². The number of rotatable bonds is 3. The van der Waals surface area contributed by atoms with E-state index in [0.29, 0.717) is 27.6 Å². The van der Waals surface area contributed by atoms with Crippen molar-refractivity contribution in [2.45, 2.75) is 32.2 Å². The van der Waals surface area contributed by atoms with E-state index in [9.17, 15) is 4.79 Å². The Morgan fingerprint density at radius 1 is 1.19 bits per heavy atom. The number of aryl methyl sites for hydroxylation is 2. The van der Waals surface area contributed by atoms with Crippen LogP contribution in [0, 0.1) is 6.92 Å². The Hall–Kier alpha value is -2.59. The number of nitrogens with one attached hydrogen (secondary N) is 1. The van der Waals surface area contributed by atoms with Gasteiger partial charge in [-0.25, -0.2) is 0 Å². The van der Waals surface area contributed by atoms with Gasteiger partial charge < -0.3 is 9.84 Å². The van der Waals surface area contributed by atoms with Crippen LogP contribution in [0.1, 0.15) is 46.1 Å². The Labute approximate surface area is 157 Å². The van der Waals surface area contributed by atoms with Gasteiger partial charge in [0.1, 0.15) is 17.0 Å². The molecule has 4 nitrogen and oxygen atoms in total. The number of carbonyl (C=O) groups is 1. The highest BCUT2D eigenvalue weighted by Crippen LogP contribution is 2.33. The van der Waals surface area contributed by atoms with Crippen LogP contribution in [-0.2, 0) is 6.42 Å². The van der Waals surface area contributed by atoms with Crippen LogP contribution >= 0.6 is 11.6 Å². The lowest BCUT2D eigenvalue weighted by Gasteiger charge is -2.26. The van der Waals surface area contributed by atoms with Gasteiger partial charge in [0, 0.05) is 5.56 Å². The molecule has 1 aliphatic rings. The third-order valence-electron chi connectivity index (χ3n) is 4.89. The fourth-order valence-electron chi connectivity index (χ4n) is 3.61. The molecule has 132 valence electrons. The summed E-state index contributed by atoms with van der Waals surface area (Å²) in [6.07, 6.45) is 3.04. The summed E-state index contributed by atoms with van der Waals surface area (Å²) in [4.78, 5) is 13.1. The van der Waals surface area contributed by atoms with Gasteiger partial charge in [0.2, 0.25) is 0 Å². The van der Waals surface area contributed by atoms with Crippen molar-refractivity contribution in [2.75, 3.05) is 0 Å². The van der Waals surface area contributed by atoms with Crippen molar-refractivity contribution >= 4 is 17.5 Å². The first-order chi connectivity index (χ1) is 12.6. The summed E-state index contributed by atoms with van der Waals surface area (Å²) in [5, 5.41) is 7.79. The summed E-state index contributed by atoms with van der Waals surface area (Å²) >= 11 is 6.29.